The molecule has 170 valence electrons. The smallest absolute Gasteiger partial charge is 0.410 e. The first kappa shape index (κ1) is 25.8. The van der Waals surface area contributed by atoms with Crippen LogP contribution in [0.4, 0.5) is 4.79 Å². The molecule has 0 unspecified atom stereocenters. The molecule has 0 spiro atoms. The summed E-state index contributed by atoms with van der Waals surface area (Å²) in [5, 5.41) is 0. The van der Waals surface area contributed by atoms with Gasteiger partial charge in [-0.15, -0.1) is 0 Å². The summed E-state index contributed by atoms with van der Waals surface area (Å²) < 4.78 is 10.7. The van der Waals surface area contributed by atoms with E-state index >= 15 is 0 Å². The molecule has 0 aromatic rings. The van der Waals surface area contributed by atoms with Gasteiger partial charge in [-0.1, -0.05) is 91.4 Å². The maximum absolute atomic E-state index is 12.3. The molecular formula is C24H45NO4. The second kappa shape index (κ2) is 16.5. The Hall–Kier alpha value is -1.26. The van der Waals surface area contributed by atoms with Crippen LogP contribution in [0, 0.1) is 5.92 Å². The number of rotatable bonds is 16. The molecule has 29 heavy (non-hydrogen) atoms. The van der Waals surface area contributed by atoms with E-state index in [9.17, 15) is 9.59 Å². The lowest BCUT2D eigenvalue weighted by molar-refractivity contribution is -0.148. The number of likely N-dealkylation sites (tertiary alicyclic amines) is 1. The van der Waals surface area contributed by atoms with Gasteiger partial charge in [-0.3, -0.25) is 4.90 Å². The van der Waals surface area contributed by atoms with Crippen molar-refractivity contribution in [2.75, 3.05) is 19.8 Å². The highest BCUT2D eigenvalue weighted by molar-refractivity contribution is 5.82. The number of amides is 1. The van der Waals surface area contributed by atoms with Gasteiger partial charge >= 0.3 is 12.1 Å². The molecule has 5 heteroatoms. The van der Waals surface area contributed by atoms with E-state index in [2.05, 4.69) is 6.92 Å². The van der Waals surface area contributed by atoms with Gasteiger partial charge in [-0.2, -0.15) is 0 Å². The van der Waals surface area contributed by atoms with Crippen LogP contribution < -0.4 is 0 Å². The third-order valence-electron chi connectivity index (χ3n) is 5.54. The topological polar surface area (TPSA) is 55.8 Å². The Bertz CT molecular complexity index is 439. The average Bonchev–Trinajstić information content (AvgIpc) is 3.19. The molecule has 1 aliphatic rings. The first-order chi connectivity index (χ1) is 14.1. The average molecular weight is 412 g/mol. The third kappa shape index (κ3) is 12.1. The summed E-state index contributed by atoms with van der Waals surface area (Å²) >= 11 is 0. The molecule has 1 heterocycles. The lowest BCUT2D eigenvalue weighted by Crippen LogP contribution is -2.42. The third-order valence-corrected chi connectivity index (χ3v) is 5.54. The molecule has 5 nitrogen and oxygen atoms in total. The molecule has 1 aliphatic heterocycles. The highest BCUT2D eigenvalue weighted by Crippen LogP contribution is 2.20. The Balaban J connectivity index is 2.01. The van der Waals surface area contributed by atoms with E-state index in [1.165, 1.54) is 69.1 Å². The normalized spacial score (nSPS) is 16.4. The highest BCUT2D eigenvalue weighted by Gasteiger charge is 2.36. The van der Waals surface area contributed by atoms with Crippen molar-refractivity contribution in [3.05, 3.63) is 0 Å². The minimum absolute atomic E-state index is 0.271. The highest BCUT2D eigenvalue weighted by atomic mass is 16.6. The van der Waals surface area contributed by atoms with E-state index in [-0.39, 0.29) is 18.0 Å². The van der Waals surface area contributed by atoms with Gasteiger partial charge in [0.1, 0.15) is 6.04 Å². The van der Waals surface area contributed by atoms with Crippen molar-refractivity contribution in [3.8, 4) is 0 Å². The fourth-order valence-corrected chi connectivity index (χ4v) is 3.76. The standard InChI is InChI=1S/C24H45NO4/c1-4-5-6-7-8-9-10-11-12-13-14-15-19-28-23(26)22-17-16-18-25(22)24(27)29-20-21(2)3/h21-22H,4-20H2,1-3H3/t22-/m0/s1. The van der Waals surface area contributed by atoms with Gasteiger partial charge in [-0.25, -0.2) is 9.59 Å². The molecule has 1 amide bonds. The van der Waals surface area contributed by atoms with Crippen molar-refractivity contribution in [2.45, 2.75) is 117 Å². The number of carbonyl (C=O) groups is 2. The van der Waals surface area contributed by atoms with Gasteiger partial charge in [0, 0.05) is 6.54 Å². The molecule has 0 bridgehead atoms. The van der Waals surface area contributed by atoms with Crippen LogP contribution in [0.2, 0.25) is 0 Å². The molecule has 0 saturated carbocycles. The number of hydrogen-bond donors (Lipinski definition) is 0. The SMILES string of the molecule is CCCCCCCCCCCCCCOC(=O)[C@@H]1CCCN1C(=O)OCC(C)C. The van der Waals surface area contributed by atoms with Gasteiger partial charge in [0.15, 0.2) is 0 Å². The molecule has 1 fully saturated rings. The molecular weight excluding hydrogens is 366 g/mol. The summed E-state index contributed by atoms with van der Waals surface area (Å²) in [6.07, 6.45) is 16.6. The zero-order chi connectivity index (χ0) is 21.3. The number of carbonyl (C=O) groups excluding carboxylic acids is 2. The van der Waals surface area contributed by atoms with Crippen molar-refractivity contribution in [3.63, 3.8) is 0 Å². The van der Waals surface area contributed by atoms with Crippen LogP contribution in [0.3, 0.4) is 0 Å². The first-order valence-electron chi connectivity index (χ1n) is 12.2. The van der Waals surface area contributed by atoms with Crippen LogP contribution in [0.5, 0.6) is 0 Å². The van der Waals surface area contributed by atoms with E-state index in [1.807, 2.05) is 13.8 Å². The molecule has 0 aliphatic carbocycles. The minimum Gasteiger partial charge on any atom is -0.464 e. The summed E-state index contributed by atoms with van der Waals surface area (Å²) in [6, 6.07) is -0.466. The van der Waals surface area contributed by atoms with Crippen molar-refractivity contribution in [1.82, 2.24) is 4.90 Å². The molecule has 0 aromatic carbocycles. The molecule has 0 N–H and O–H groups in total. The number of nitrogens with zero attached hydrogens (tertiary/aromatic N) is 1. The van der Waals surface area contributed by atoms with Crippen molar-refractivity contribution < 1.29 is 19.1 Å². The maximum Gasteiger partial charge on any atom is 0.410 e. The summed E-state index contributed by atoms with van der Waals surface area (Å²) in [7, 11) is 0. The molecule has 0 radical (unpaired) electrons. The van der Waals surface area contributed by atoms with Crippen LogP contribution in [0.1, 0.15) is 111 Å². The van der Waals surface area contributed by atoms with Gasteiger partial charge in [0.25, 0.3) is 0 Å². The van der Waals surface area contributed by atoms with Crippen molar-refractivity contribution in [1.29, 1.82) is 0 Å². The van der Waals surface area contributed by atoms with Crippen LogP contribution in [-0.2, 0) is 14.3 Å². The predicted octanol–water partition coefficient (Wildman–Crippen LogP) is 6.49. The molecule has 1 atom stereocenters. The summed E-state index contributed by atoms with van der Waals surface area (Å²) in [6.45, 7) is 7.68. The van der Waals surface area contributed by atoms with E-state index in [1.54, 1.807) is 0 Å². The summed E-state index contributed by atoms with van der Waals surface area (Å²) in [4.78, 5) is 26.0. The van der Waals surface area contributed by atoms with Crippen molar-refractivity contribution in [2.24, 2.45) is 5.92 Å². The molecule has 0 aromatic heterocycles. The summed E-state index contributed by atoms with van der Waals surface area (Å²) in [5.41, 5.74) is 0. The van der Waals surface area contributed by atoms with Crippen molar-refractivity contribution >= 4 is 12.1 Å². The number of esters is 1. The quantitative estimate of drug-likeness (QED) is 0.215. The first-order valence-corrected chi connectivity index (χ1v) is 12.2. The predicted molar refractivity (Wildman–Crippen MR) is 118 cm³/mol. The Kier molecular flexibility index (Phi) is 14.7. The Morgan fingerprint density at radius 2 is 1.41 bits per heavy atom. The maximum atomic E-state index is 12.3. The monoisotopic (exact) mass is 411 g/mol. The van der Waals surface area contributed by atoms with E-state index in [4.69, 9.17) is 9.47 Å². The Morgan fingerprint density at radius 1 is 0.862 bits per heavy atom. The van der Waals surface area contributed by atoms with Gasteiger partial charge in [0.05, 0.1) is 13.2 Å². The van der Waals surface area contributed by atoms with Gasteiger partial charge in [0.2, 0.25) is 0 Å². The van der Waals surface area contributed by atoms with E-state index in [0.29, 0.717) is 26.2 Å². The van der Waals surface area contributed by atoms with Gasteiger partial charge < -0.3 is 9.47 Å². The number of unbranched alkanes of at least 4 members (excludes halogenated alkanes) is 11. The fourth-order valence-electron chi connectivity index (χ4n) is 3.76. The second-order valence-electron chi connectivity index (χ2n) is 8.88. The van der Waals surface area contributed by atoms with Crippen LogP contribution >= 0.6 is 0 Å². The van der Waals surface area contributed by atoms with E-state index < -0.39 is 6.04 Å². The summed E-state index contributed by atoms with van der Waals surface area (Å²) in [5.74, 6) is 0.0184. The van der Waals surface area contributed by atoms with E-state index in [0.717, 1.165) is 19.3 Å². The minimum atomic E-state index is -0.466. The largest absolute Gasteiger partial charge is 0.464 e. The molecule has 1 saturated heterocycles. The second-order valence-corrected chi connectivity index (χ2v) is 8.88. The number of ether oxygens (including phenoxy) is 2. The zero-order valence-corrected chi connectivity index (χ0v) is 19.3. The van der Waals surface area contributed by atoms with Crippen LogP contribution in [-0.4, -0.2) is 42.8 Å². The lowest BCUT2D eigenvalue weighted by Gasteiger charge is -2.23. The van der Waals surface area contributed by atoms with Crippen LogP contribution in [0.25, 0.3) is 0 Å². The van der Waals surface area contributed by atoms with Crippen LogP contribution in [0.15, 0.2) is 0 Å². The lowest BCUT2D eigenvalue weighted by atomic mass is 10.1. The Morgan fingerprint density at radius 3 is 1.97 bits per heavy atom. The fraction of sp³-hybridized carbons (Fsp3) is 0.917. The van der Waals surface area contributed by atoms with Gasteiger partial charge in [-0.05, 0) is 25.2 Å². The number of hydrogen-bond acceptors (Lipinski definition) is 4. The zero-order valence-electron chi connectivity index (χ0n) is 19.3. The molecule has 1 rings (SSSR count). The Labute approximate surface area is 178 Å².